The summed E-state index contributed by atoms with van der Waals surface area (Å²) in [6.45, 7) is 6.62. The molecule has 0 unspecified atom stereocenters. The maximum atomic E-state index is 11.6. The minimum Gasteiger partial charge on any atom is -0.444 e. The van der Waals surface area contributed by atoms with Crippen molar-refractivity contribution < 1.29 is 9.53 Å². The van der Waals surface area contributed by atoms with Crippen molar-refractivity contribution in [2.75, 3.05) is 11.9 Å². The summed E-state index contributed by atoms with van der Waals surface area (Å²) in [6.07, 6.45) is 0.760. The van der Waals surface area contributed by atoms with Crippen molar-refractivity contribution in [2.45, 2.75) is 38.8 Å². The van der Waals surface area contributed by atoms with Crippen LogP contribution in [0.1, 0.15) is 38.8 Å². The van der Waals surface area contributed by atoms with Crippen LogP contribution in [-0.4, -0.2) is 18.2 Å². The fraction of sp³-hybridized carbons (Fsp3) is 0.500. The molecule has 1 amide bonds. The molecular formula is C14H20N2O2. The topological polar surface area (TPSA) is 50.4 Å². The molecule has 2 N–H and O–H groups in total. The second kappa shape index (κ2) is 4.98. The van der Waals surface area contributed by atoms with Gasteiger partial charge in [-0.25, -0.2) is 4.79 Å². The SMILES string of the molecule is CC(C)(C)OC(=O)Nc1ccc([C@@H]2CCN2)cc1. The van der Waals surface area contributed by atoms with Gasteiger partial charge in [-0.3, -0.25) is 5.32 Å². The third kappa shape index (κ3) is 3.47. The van der Waals surface area contributed by atoms with Gasteiger partial charge >= 0.3 is 6.09 Å². The Kier molecular flexibility index (Phi) is 3.57. The van der Waals surface area contributed by atoms with Gasteiger partial charge in [0.05, 0.1) is 0 Å². The molecule has 2 rings (SSSR count). The van der Waals surface area contributed by atoms with Crippen molar-refractivity contribution in [3.05, 3.63) is 29.8 Å². The van der Waals surface area contributed by atoms with Crippen molar-refractivity contribution in [3.63, 3.8) is 0 Å². The number of ether oxygens (including phenoxy) is 1. The summed E-state index contributed by atoms with van der Waals surface area (Å²) in [5.41, 5.74) is 1.54. The largest absolute Gasteiger partial charge is 0.444 e. The molecule has 1 fully saturated rings. The molecule has 4 heteroatoms. The van der Waals surface area contributed by atoms with E-state index >= 15 is 0 Å². The molecule has 18 heavy (non-hydrogen) atoms. The predicted octanol–water partition coefficient (Wildman–Crippen LogP) is 3.07. The van der Waals surface area contributed by atoms with Gasteiger partial charge in [0.25, 0.3) is 0 Å². The predicted molar refractivity (Wildman–Crippen MR) is 71.7 cm³/mol. The first-order valence-corrected chi connectivity index (χ1v) is 6.27. The smallest absolute Gasteiger partial charge is 0.412 e. The van der Waals surface area contributed by atoms with Gasteiger partial charge in [-0.05, 0) is 51.4 Å². The highest BCUT2D eigenvalue weighted by Gasteiger charge is 2.19. The maximum absolute atomic E-state index is 11.6. The molecule has 0 radical (unpaired) electrons. The van der Waals surface area contributed by atoms with Gasteiger partial charge in [0.2, 0.25) is 0 Å². The number of amides is 1. The molecule has 1 aromatic carbocycles. The van der Waals surface area contributed by atoms with Gasteiger partial charge < -0.3 is 10.1 Å². The first kappa shape index (κ1) is 12.9. The van der Waals surface area contributed by atoms with E-state index in [9.17, 15) is 4.79 Å². The molecule has 0 spiro atoms. The highest BCUT2D eigenvalue weighted by atomic mass is 16.6. The van der Waals surface area contributed by atoms with Crippen molar-refractivity contribution in [2.24, 2.45) is 0 Å². The first-order chi connectivity index (χ1) is 8.44. The first-order valence-electron chi connectivity index (χ1n) is 6.27. The van der Waals surface area contributed by atoms with Crippen molar-refractivity contribution in [1.29, 1.82) is 0 Å². The van der Waals surface area contributed by atoms with E-state index in [2.05, 4.69) is 10.6 Å². The van der Waals surface area contributed by atoms with E-state index in [1.165, 1.54) is 12.0 Å². The van der Waals surface area contributed by atoms with Crippen LogP contribution in [0, 0.1) is 0 Å². The summed E-state index contributed by atoms with van der Waals surface area (Å²) in [7, 11) is 0. The molecule has 0 aliphatic carbocycles. The van der Waals surface area contributed by atoms with Gasteiger partial charge in [0.1, 0.15) is 5.60 Å². The average Bonchev–Trinajstić information content (AvgIpc) is 2.15. The lowest BCUT2D eigenvalue weighted by Crippen LogP contribution is -2.34. The molecular weight excluding hydrogens is 228 g/mol. The van der Waals surface area contributed by atoms with Crippen LogP contribution in [-0.2, 0) is 4.74 Å². The number of anilines is 1. The Hall–Kier alpha value is -1.55. The highest BCUT2D eigenvalue weighted by Crippen LogP contribution is 2.24. The molecule has 1 saturated heterocycles. The average molecular weight is 248 g/mol. The summed E-state index contributed by atoms with van der Waals surface area (Å²) < 4.78 is 5.19. The number of rotatable bonds is 2. The fourth-order valence-electron chi connectivity index (χ4n) is 1.79. The zero-order valence-corrected chi connectivity index (χ0v) is 11.1. The summed E-state index contributed by atoms with van der Waals surface area (Å²) >= 11 is 0. The monoisotopic (exact) mass is 248 g/mol. The Morgan fingerprint density at radius 1 is 1.33 bits per heavy atom. The van der Waals surface area contributed by atoms with Crippen LogP contribution < -0.4 is 10.6 Å². The van der Waals surface area contributed by atoms with E-state index in [1.54, 1.807) is 0 Å². The standard InChI is InChI=1S/C14H20N2O2/c1-14(2,3)18-13(17)16-11-6-4-10(5-7-11)12-8-9-15-12/h4-7,12,15H,8-9H2,1-3H3,(H,16,17)/t12-/m0/s1. The Labute approximate surface area is 108 Å². The van der Waals surface area contributed by atoms with Crippen molar-refractivity contribution >= 4 is 11.8 Å². The maximum Gasteiger partial charge on any atom is 0.412 e. The van der Waals surface area contributed by atoms with Crippen molar-refractivity contribution in [3.8, 4) is 0 Å². The number of carbonyl (C=O) groups excluding carboxylic acids is 1. The van der Waals surface area contributed by atoms with E-state index in [0.29, 0.717) is 6.04 Å². The van der Waals surface area contributed by atoms with E-state index in [4.69, 9.17) is 4.74 Å². The second-order valence-corrected chi connectivity index (χ2v) is 5.54. The molecule has 98 valence electrons. The lowest BCUT2D eigenvalue weighted by Gasteiger charge is -2.28. The Morgan fingerprint density at radius 3 is 2.39 bits per heavy atom. The van der Waals surface area contributed by atoms with Gasteiger partial charge in [-0.15, -0.1) is 0 Å². The minimum absolute atomic E-state index is 0.419. The minimum atomic E-state index is -0.472. The van der Waals surface area contributed by atoms with Crippen LogP contribution in [0.4, 0.5) is 10.5 Å². The van der Waals surface area contributed by atoms with Crippen LogP contribution in [0.2, 0.25) is 0 Å². The third-order valence-electron chi connectivity index (χ3n) is 2.78. The fourth-order valence-corrected chi connectivity index (χ4v) is 1.79. The van der Waals surface area contributed by atoms with Crippen LogP contribution in [0.25, 0.3) is 0 Å². The zero-order valence-electron chi connectivity index (χ0n) is 11.1. The van der Waals surface area contributed by atoms with E-state index in [1.807, 2.05) is 45.0 Å². The van der Waals surface area contributed by atoms with E-state index in [0.717, 1.165) is 12.2 Å². The van der Waals surface area contributed by atoms with Crippen LogP contribution in [0.5, 0.6) is 0 Å². The molecule has 1 aromatic rings. The summed E-state index contributed by atoms with van der Waals surface area (Å²) in [5.74, 6) is 0. The Morgan fingerprint density at radius 2 is 1.94 bits per heavy atom. The molecule has 0 bridgehead atoms. The molecule has 0 aromatic heterocycles. The lowest BCUT2D eigenvalue weighted by molar-refractivity contribution is 0.0636. The lowest BCUT2D eigenvalue weighted by atomic mass is 9.98. The number of carbonyl (C=O) groups is 1. The van der Waals surface area contributed by atoms with Crippen LogP contribution in [0.3, 0.4) is 0 Å². The Bertz CT molecular complexity index is 416. The van der Waals surface area contributed by atoms with Gasteiger partial charge in [0, 0.05) is 11.7 Å². The normalized spacial score (nSPS) is 18.9. The highest BCUT2D eigenvalue weighted by molar-refractivity contribution is 5.84. The second-order valence-electron chi connectivity index (χ2n) is 5.54. The number of hydrogen-bond acceptors (Lipinski definition) is 3. The summed E-state index contributed by atoms with van der Waals surface area (Å²) in [4.78, 5) is 11.6. The molecule has 1 aliphatic rings. The van der Waals surface area contributed by atoms with Gasteiger partial charge in [-0.1, -0.05) is 12.1 Å². The van der Waals surface area contributed by atoms with E-state index < -0.39 is 11.7 Å². The molecule has 1 atom stereocenters. The van der Waals surface area contributed by atoms with E-state index in [-0.39, 0.29) is 0 Å². The van der Waals surface area contributed by atoms with Gasteiger partial charge in [0.15, 0.2) is 0 Å². The molecule has 1 aliphatic heterocycles. The summed E-state index contributed by atoms with van der Waals surface area (Å²) in [6, 6.07) is 8.34. The molecule has 4 nitrogen and oxygen atoms in total. The van der Waals surface area contributed by atoms with Crippen LogP contribution in [0.15, 0.2) is 24.3 Å². The Balaban J connectivity index is 1.91. The van der Waals surface area contributed by atoms with Crippen molar-refractivity contribution in [1.82, 2.24) is 5.32 Å². The molecule has 1 heterocycles. The number of hydrogen-bond donors (Lipinski definition) is 2. The number of benzene rings is 1. The third-order valence-corrected chi connectivity index (χ3v) is 2.78. The molecule has 0 saturated carbocycles. The summed E-state index contributed by atoms with van der Waals surface area (Å²) in [5, 5.41) is 6.06. The van der Waals surface area contributed by atoms with Gasteiger partial charge in [-0.2, -0.15) is 0 Å². The number of nitrogens with one attached hydrogen (secondary N) is 2. The zero-order chi connectivity index (χ0) is 13.2. The quantitative estimate of drug-likeness (QED) is 0.845. The van der Waals surface area contributed by atoms with Crippen LogP contribution >= 0.6 is 0 Å².